The van der Waals surface area contributed by atoms with Crippen LogP contribution in [0.4, 0.5) is 0 Å². The molecule has 3 heteroatoms. The molecule has 0 radical (unpaired) electrons. The van der Waals surface area contributed by atoms with Crippen molar-refractivity contribution in [3.8, 4) is 0 Å². The Morgan fingerprint density at radius 3 is 2.70 bits per heavy atom. The van der Waals surface area contributed by atoms with E-state index in [1.807, 2.05) is 6.08 Å². The summed E-state index contributed by atoms with van der Waals surface area (Å²) in [6.45, 7) is 2.81. The largest absolute Gasteiger partial charge is 0.478 e. The van der Waals surface area contributed by atoms with Gasteiger partial charge in [0.25, 0.3) is 0 Å². The van der Waals surface area contributed by atoms with E-state index in [1.165, 1.54) is 6.54 Å². The fourth-order valence-electron chi connectivity index (χ4n) is 1.15. The minimum atomic E-state index is -0.799. The Morgan fingerprint density at radius 2 is 2.40 bits per heavy atom. The van der Waals surface area contributed by atoms with E-state index in [0.29, 0.717) is 17.7 Å². The number of carboxylic acids is 1. The van der Waals surface area contributed by atoms with Gasteiger partial charge in [0, 0.05) is 24.2 Å². The molecule has 0 aliphatic carbocycles. The Kier molecular flexibility index (Phi) is 0.951. The zero-order valence-electron chi connectivity index (χ0n) is 5.74. The first-order valence-corrected chi connectivity index (χ1v) is 3.37. The van der Waals surface area contributed by atoms with Crippen molar-refractivity contribution in [2.75, 3.05) is 6.54 Å². The first kappa shape index (κ1) is 5.92. The van der Waals surface area contributed by atoms with Crippen LogP contribution in [0, 0.1) is 0 Å². The molecule has 0 amide bonds. The zero-order valence-corrected chi connectivity index (χ0v) is 5.74. The first-order valence-electron chi connectivity index (χ1n) is 3.37. The van der Waals surface area contributed by atoms with Crippen molar-refractivity contribution in [2.45, 2.75) is 19.0 Å². The summed E-state index contributed by atoms with van der Waals surface area (Å²) < 4.78 is 0. The summed E-state index contributed by atoms with van der Waals surface area (Å²) in [6, 6.07) is 1.17. The van der Waals surface area contributed by atoms with Crippen molar-refractivity contribution in [1.82, 2.24) is 4.90 Å². The topological polar surface area (TPSA) is 40.3 Å². The van der Waals surface area contributed by atoms with E-state index in [9.17, 15) is 4.79 Å². The van der Waals surface area contributed by atoms with E-state index in [4.69, 9.17) is 5.11 Å². The molecule has 2 rings (SSSR count). The highest BCUT2D eigenvalue weighted by atomic mass is 16.4. The lowest BCUT2D eigenvalue weighted by molar-refractivity contribution is -0.132. The molecule has 2 fully saturated rings. The SMILES string of the molecule is C/C(=C/C1C2CN12)C(=O)O. The molecule has 0 aromatic rings. The average molecular weight is 139 g/mol. The Bertz CT molecular complexity index is 214. The summed E-state index contributed by atoms with van der Waals surface area (Å²) in [5.74, 6) is -0.799. The van der Waals surface area contributed by atoms with Gasteiger partial charge in [-0.1, -0.05) is 6.08 Å². The summed E-state index contributed by atoms with van der Waals surface area (Å²) in [4.78, 5) is 12.5. The number of nitrogens with zero attached hydrogens (tertiary/aromatic N) is 1. The lowest BCUT2D eigenvalue weighted by Gasteiger charge is -1.94. The van der Waals surface area contributed by atoms with E-state index in [2.05, 4.69) is 4.90 Å². The number of carbonyl (C=O) groups is 1. The Morgan fingerprint density at radius 1 is 1.80 bits per heavy atom. The zero-order chi connectivity index (χ0) is 7.30. The monoisotopic (exact) mass is 139 g/mol. The van der Waals surface area contributed by atoms with Gasteiger partial charge in [0.1, 0.15) is 0 Å². The first-order chi connectivity index (χ1) is 4.70. The van der Waals surface area contributed by atoms with Gasteiger partial charge in [0.15, 0.2) is 0 Å². The second kappa shape index (κ2) is 1.61. The molecule has 10 heavy (non-hydrogen) atoms. The van der Waals surface area contributed by atoms with Crippen molar-refractivity contribution < 1.29 is 9.90 Å². The van der Waals surface area contributed by atoms with Crippen LogP contribution in [0.2, 0.25) is 0 Å². The lowest BCUT2D eigenvalue weighted by atomic mass is 10.2. The molecule has 54 valence electrons. The molecule has 3 atom stereocenters. The van der Waals surface area contributed by atoms with Crippen molar-refractivity contribution in [1.29, 1.82) is 0 Å². The molecule has 0 aromatic carbocycles. The maximum atomic E-state index is 10.3. The fourth-order valence-corrected chi connectivity index (χ4v) is 1.15. The highest BCUT2D eigenvalue weighted by Gasteiger charge is 2.60. The van der Waals surface area contributed by atoms with E-state index in [0.717, 1.165) is 0 Å². The Labute approximate surface area is 58.9 Å². The summed E-state index contributed by atoms with van der Waals surface area (Å²) in [5.41, 5.74) is 0.470. The molecule has 2 heterocycles. The number of hydrogen-bond donors (Lipinski definition) is 1. The van der Waals surface area contributed by atoms with E-state index < -0.39 is 5.97 Å². The summed E-state index contributed by atoms with van der Waals surface area (Å²) in [5, 5.41) is 8.47. The molecule has 0 aromatic heterocycles. The van der Waals surface area contributed by atoms with E-state index in [1.54, 1.807) is 6.92 Å². The van der Waals surface area contributed by atoms with Crippen LogP contribution in [-0.2, 0) is 4.79 Å². The van der Waals surface area contributed by atoms with Crippen LogP contribution in [0.15, 0.2) is 11.6 Å². The predicted octanol–water partition coefficient (Wildman–Crippen LogP) is 0.0837. The molecular formula is C7H9NO2. The van der Waals surface area contributed by atoms with Crippen LogP contribution < -0.4 is 0 Å². The van der Waals surface area contributed by atoms with Gasteiger partial charge in [-0.15, -0.1) is 0 Å². The molecule has 3 unspecified atom stereocenters. The van der Waals surface area contributed by atoms with Crippen LogP contribution >= 0.6 is 0 Å². The summed E-state index contributed by atoms with van der Waals surface area (Å²) >= 11 is 0. The van der Waals surface area contributed by atoms with Crippen LogP contribution in [0.3, 0.4) is 0 Å². The lowest BCUT2D eigenvalue weighted by Crippen LogP contribution is -2.05. The van der Waals surface area contributed by atoms with E-state index >= 15 is 0 Å². The molecule has 2 aliphatic rings. The second-order valence-electron chi connectivity index (χ2n) is 2.91. The third kappa shape index (κ3) is 0.743. The number of aliphatic carboxylic acids is 1. The average Bonchev–Trinajstić information content (AvgIpc) is 2.67. The van der Waals surface area contributed by atoms with Crippen molar-refractivity contribution in [2.24, 2.45) is 0 Å². The van der Waals surface area contributed by atoms with Gasteiger partial charge in [-0.3, -0.25) is 4.90 Å². The number of rotatable bonds is 2. The minimum absolute atomic E-state index is 0.469. The molecule has 1 N–H and O–H groups in total. The van der Waals surface area contributed by atoms with Crippen LogP contribution in [0.5, 0.6) is 0 Å². The maximum absolute atomic E-state index is 10.3. The standard InChI is InChI=1S/C7H9NO2/c1-4(7(9)10)2-5-6-3-8(5)6/h2,5-6H,3H2,1H3,(H,9,10)/b4-2-. The van der Waals surface area contributed by atoms with Crippen LogP contribution in [-0.4, -0.2) is 34.6 Å². The molecular weight excluding hydrogens is 130 g/mol. The van der Waals surface area contributed by atoms with Gasteiger partial charge < -0.3 is 5.11 Å². The number of carboxylic acid groups (broad SMARTS) is 1. The third-order valence-electron chi connectivity index (χ3n) is 2.14. The smallest absolute Gasteiger partial charge is 0.331 e. The Balaban J connectivity index is 1.96. The van der Waals surface area contributed by atoms with Gasteiger partial charge in [-0.05, 0) is 6.92 Å². The highest BCUT2D eigenvalue weighted by molar-refractivity contribution is 5.86. The summed E-state index contributed by atoms with van der Waals surface area (Å²) in [7, 11) is 0. The molecule has 0 saturated carbocycles. The van der Waals surface area contributed by atoms with Crippen molar-refractivity contribution in [3.63, 3.8) is 0 Å². The van der Waals surface area contributed by atoms with Gasteiger partial charge >= 0.3 is 5.97 Å². The molecule has 0 bridgehead atoms. The van der Waals surface area contributed by atoms with Gasteiger partial charge in [0.05, 0.1) is 0 Å². The number of fused-ring (bicyclic) bond motifs is 1. The van der Waals surface area contributed by atoms with Gasteiger partial charge in [-0.2, -0.15) is 0 Å². The minimum Gasteiger partial charge on any atom is -0.478 e. The summed E-state index contributed by atoms with van der Waals surface area (Å²) in [6.07, 6.45) is 1.83. The van der Waals surface area contributed by atoms with Crippen molar-refractivity contribution >= 4 is 5.97 Å². The maximum Gasteiger partial charge on any atom is 0.331 e. The Hall–Kier alpha value is -0.830. The van der Waals surface area contributed by atoms with Crippen LogP contribution in [0.25, 0.3) is 0 Å². The molecule has 3 nitrogen and oxygen atoms in total. The third-order valence-corrected chi connectivity index (χ3v) is 2.14. The normalized spacial score (nSPS) is 42.5. The van der Waals surface area contributed by atoms with Gasteiger partial charge in [-0.25, -0.2) is 4.79 Å². The van der Waals surface area contributed by atoms with E-state index in [-0.39, 0.29) is 0 Å². The fraction of sp³-hybridized carbons (Fsp3) is 0.571. The molecule has 2 saturated heterocycles. The highest BCUT2D eigenvalue weighted by Crippen LogP contribution is 2.44. The van der Waals surface area contributed by atoms with Crippen LogP contribution in [0.1, 0.15) is 6.92 Å². The predicted molar refractivity (Wildman–Crippen MR) is 35.7 cm³/mol. The quantitative estimate of drug-likeness (QED) is 0.435. The van der Waals surface area contributed by atoms with Gasteiger partial charge in [0.2, 0.25) is 0 Å². The number of hydrogen-bond acceptors (Lipinski definition) is 2. The second-order valence-corrected chi connectivity index (χ2v) is 2.91. The molecule has 2 aliphatic heterocycles. The van der Waals surface area contributed by atoms with Crippen molar-refractivity contribution in [3.05, 3.63) is 11.6 Å². The molecule has 0 spiro atoms.